The van der Waals surface area contributed by atoms with Crippen molar-refractivity contribution in [3.05, 3.63) is 24.0 Å². The van der Waals surface area contributed by atoms with Gasteiger partial charge in [0.15, 0.2) is 0 Å². The molecule has 0 aromatic carbocycles. The molecule has 0 aliphatic carbocycles. The van der Waals surface area contributed by atoms with Crippen LogP contribution >= 0.6 is 0 Å². The highest BCUT2D eigenvalue weighted by atomic mass is 16.5. The average molecular weight is 286 g/mol. The largest absolute Gasteiger partial charge is 0.379 e. The predicted octanol–water partition coefficient (Wildman–Crippen LogP) is 1.19. The lowest BCUT2D eigenvalue weighted by molar-refractivity contribution is -0.124. The molecule has 21 heavy (non-hydrogen) atoms. The predicted molar refractivity (Wildman–Crippen MR) is 76.5 cm³/mol. The van der Waals surface area contributed by atoms with Crippen molar-refractivity contribution in [2.45, 2.75) is 43.9 Å². The zero-order valence-electron chi connectivity index (χ0n) is 11.7. The van der Waals surface area contributed by atoms with E-state index in [1.807, 2.05) is 12.1 Å². The fourth-order valence-corrected chi connectivity index (χ4v) is 2.98. The summed E-state index contributed by atoms with van der Waals surface area (Å²) in [6, 6.07) is 5.64. The Bertz CT molecular complexity index is 546. The molecule has 1 aromatic rings. The number of carbonyl (C=O) groups excluding carboxylic acids is 1. The first kappa shape index (κ1) is 13.8. The molecule has 0 saturated carbocycles. The summed E-state index contributed by atoms with van der Waals surface area (Å²) in [6.45, 7) is 0.766. The zero-order valence-corrected chi connectivity index (χ0v) is 11.7. The Morgan fingerprint density at radius 1 is 1.43 bits per heavy atom. The second-order valence-corrected chi connectivity index (χ2v) is 5.48. The number of amides is 1. The van der Waals surface area contributed by atoms with Gasteiger partial charge in [0.05, 0.1) is 24.0 Å². The number of anilines is 1. The summed E-state index contributed by atoms with van der Waals surface area (Å²) < 4.78 is 5.73. The molecule has 0 radical (unpaired) electrons. The fraction of sp³-hybridized carbons (Fsp3) is 0.533. The molecule has 6 heteroatoms. The lowest BCUT2D eigenvalue weighted by Crippen LogP contribution is -2.56. The van der Waals surface area contributed by atoms with Crippen molar-refractivity contribution in [3.63, 3.8) is 0 Å². The van der Waals surface area contributed by atoms with E-state index >= 15 is 0 Å². The molecular weight excluding hydrogens is 268 g/mol. The molecule has 3 rings (SSSR count). The van der Waals surface area contributed by atoms with Gasteiger partial charge < -0.3 is 15.4 Å². The van der Waals surface area contributed by atoms with Gasteiger partial charge in [0.1, 0.15) is 11.8 Å². The van der Waals surface area contributed by atoms with E-state index in [1.54, 1.807) is 12.3 Å². The number of nitrogens with one attached hydrogen (secondary N) is 2. The monoisotopic (exact) mass is 286 g/mol. The molecule has 6 nitrogen and oxygen atoms in total. The average Bonchev–Trinajstić information content (AvgIpc) is 3.04. The first-order valence-electron chi connectivity index (χ1n) is 7.30. The number of ether oxygens (including phenoxy) is 1. The van der Waals surface area contributed by atoms with Crippen LogP contribution in [0.4, 0.5) is 5.69 Å². The maximum Gasteiger partial charge on any atom is 0.220 e. The Hall–Kier alpha value is -2.13. The van der Waals surface area contributed by atoms with Gasteiger partial charge in [0, 0.05) is 19.1 Å². The van der Waals surface area contributed by atoms with Gasteiger partial charge in [-0.25, -0.2) is 4.98 Å². The summed E-state index contributed by atoms with van der Waals surface area (Å²) in [7, 11) is 0. The minimum Gasteiger partial charge on any atom is -0.379 e. The fourth-order valence-electron chi connectivity index (χ4n) is 2.98. The second kappa shape index (κ2) is 6.10. The summed E-state index contributed by atoms with van der Waals surface area (Å²) >= 11 is 0. The van der Waals surface area contributed by atoms with Crippen molar-refractivity contribution >= 4 is 11.6 Å². The highest BCUT2D eigenvalue weighted by Crippen LogP contribution is 2.24. The third-order valence-electron chi connectivity index (χ3n) is 4.04. The number of carbonyl (C=O) groups is 1. The Morgan fingerprint density at radius 2 is 2.33 bits per heavy atom. The molecule has 0 bridgehead atoms. The standard InChI is InChI=1S/C15H18N4O2/c16-8-10-3-4-11(9-17-10)18-12-5-6-14(20)19-15(12)13-2-1-7-21-13/h3-4,9,12-13,15,18H,1-2,5-7H2,(H,19,20)/t12-,13?,15-/m0/s1. The SMILES string of the molecule is N#Cc1ccc(N[C@H]2CCC(=O)N[C@@H]2C2CCCO2)cn1. The maximum absolute atomic E-state index is 11.7. The minimum atomic E-state index is -0.00982. The summed E-state index contributed by atoms with van der Waals surface area (Å²) in [5.41, 5.74) is 1.26. The van der Waals surface area contributed by atoms with E-state index < -0.39 is 0 Å². The lowest BCUT2D eigenvalue weighted by Gasteiger charge is -2.36. The van der Waals surface area contributed by atoms with Crippen LogP contribution in [0.2, 0.25) is 0 Å². The van der Waals surface area contributed by atoms with Crippen LogP contribution in [0.15, 0.2) is 18.3 Å². The van der Waals surface area contributed by atoms with E-state index in [1.165, 1.54) is 0 Å². The molecule has 2 aliphatic rings. The molecule has 1 unspecified atom stereocenters. The van der Waals surface area contributed by atoms with Crippen LogP contribution in [0.25, 0.3) is 0 Å². The van der Waals surface area contributed by atoms with Crippen LogP contribution in [0.1, 0.15) is 31.4 Å². The highest BCUT2D eigenvalue weighted by Gasteiger charge is 2.36. The van der Waals surface area contributed by atoms with Gasteiger partial charge in [-0.2, -0.15) is 5.26 Å². The van der Waals surface area contributed by atoms with Gasteiger partial charge in [-0.3, -0.25) is 4.79 Å². The maximum atomic E-state index is 11.7. The number of hydrogen-bond donors (Lipinski definition) is 2. The Labute approximate surface area is 123 Å². The second-order valence-electron chi connectivity index (χ2n) is 5.48. The quantitative estimate of drug-likeness (QED) is 0.871. The van der Waals surface area contributed by atoms with E-state index in [9.17, 15) is 4.79 Å². The van der Waals surface area contributed by atoms with Crippen molar-refractivity contribution in [2.24, 2.45) is 0 Å². The summed E-state index contributed by atoms with van der Waals surface area (Å²) in [5, 5.41) is 15.2. The van der Waals surface area contributed by atoms with Crippen LogP contribution < -0.4 is 10.6 Å². The third-order valence-corrected chi connectivity index (χ3v) is 4.04. The van der Waals surface area contributed by atoms with Crippen molar-refractivity contribution in [3.8, 4) is 6.07 Å². The topological polar surface area (TPSA) is 87.0 Å². The Morgan fingerprint density at radius 3 is 3.00 bits per heavy atom. The molecule has 1 amide bonds. The van der Waals surface area contributed by atoms with Crippen LogP contribution in [0.3, 0.4) is 0 Å². The molecule has 0 spiro atoms. The number of pyridine rings is 1. The van der Waals surface area contributed by atoms with Crippen LogP contribution in [-0.2, 0) is 9.53 Å². The molecule has 3 atom stereocenters. The molecular formula is C15H18N4O2. The molecule has 3 heterocycles. The number of aromatic nitrogens is 1. The first-order valence-corrected chi connectivity index (χ1v) is 7.30. The van der Waals surface area contributed by atoms with Gasteiger partial charge in [-0.05, 0) is 31.4 Å². The van der Waals surface area contributed by atoms with Gasteiger partial charge >= 0.3 is 0 Å². The Kier molecular flexibility index (Phi) is 4.02. The molecule has 110 valence electrons. The molecule has 2 fully saturated rings. The van der Waals surface area contributed by atoms with Crippen molar-refractivity contribution in [1.29, 1.82) is 5.26 Å². The summed E-state index contributed by atoms with van der Waals surface area (Å²) in [5.74, 6) is 0.0894. The van der Waals surface area contributed by atoms with Crippen molar-refractivity contribution in [2.75, 3.05) is 11.9 Å². The van der Waals surface area contributed by atoms with E-state index in [0.717, 1.165) is 31.6 Å². The normalized spacial score (nSPS) is 28.7. The highest BCUT2D eigenvalue weighted by molar-refractivity contribution is 5.77. The van der Waals surface area contributed by atoms with Gasteiger partial charge in [0.25, 0.3) is 0 Å². The number of nitrogens with zero attached hydrogens (tertiary/aromatic N) is 2. The van der Waals surface area contributed by atoms with E-state index in [2.05, 4.69) is 15.6 Å². The summed E-state index contributed by atoms with van der Waals surface area (Å²) in [4.78, 5) is 15.7. The number of piperidine rings is 1. The van der Waals surface area contributed by atoms with Crippen LogP contribution in [-0.4, -0.2) is 35.7 Å². The Balaban J connectivity index is 1.71. The van der Waals surface area contributed by atoms with E-state index in [0.29, 0.717) is 12.1 Å². The summed E-state index contributed by atoms with van der Waals surface area (Å²) in [6.07, 6.45) is 5.05. The molecule has 2 aliphatic heterocycles. The molecule has 2 N–H and O–H groups in total. The zero-order chi connectivity index (χ0) is 14.7. The smallest absolute Gasteiger partial charge is 0.220 e. The number of nitriles is 1. The van der Waals surface area contributed by atoms with E-state index in [4.69, 9.17) is 10.00 Å². The van der Waals surface area contributed by atoms with Crippen LogP contribution in [0.5, 0.6) is 0 Å². The van der Waals surface area contributed by atoms with Crippen molar-refractivity contribution < 1.29 is 9.53 Å². The van der Waals surface area contributed by atoms with Crippen LogP contribution in [0, 0.1) is 11.3 Å². The number of hydrogen-bond acceptors (Lipinski definition) is 5. The number of rotatable bonds is 3. The van der Waals surface area contributed by atoms with Gasteiger partial charge in [0.2, 0.25) is 5.91 Å². The minimum absolute atomic E-state index is 0.00982. The van der Waals surface area contributed by atoms with Gasteiger partial charge in [-0.15, -0.1) is 0 Å². The molecule has 2 saturated heterocycles. The van der Waals surface area contributed by atoms with Gasteiger partial charge in [-0.1, -0.05) is 0 Å². The third kappa shape index (κ3) is 3.14. The lowest BCUT2D eigenvalue weighted by atomic mass is 9.92. The first-order chi connectivity index (χ1) is 10.3. The molecule has 1 aromatic heterocycles. The van der Waals surface area contributed by atoms with Crippen molar-refractivity contribution in [1.82, 2.24) is 10.3 Å². The van der Waals surface area contributed by atoms with E-state index in [-0.39, 0.29) is 24.1 Å².